The highest BCUT2D eigenvalue weighted by Gasteiger charge is 2.50. The van der Waals surface area contributed by atoms with E-state index in [1.54, 1.807) is 0 Å². The van der Waals surface area contributed by atoms with E-state index in [4.69, 9.17) is 23.7 Å². The van der Waals surface area contributed by atoms with Gasteiger partial charge < -0.3 is 59.4 Å². The summed E-state index contributed by atoms with van der Waals surface area (Å²) in [7, 11) is 1.23. The highest BCUT2D eigenvalue weighted by atomic mass is 16.7. The summed E-state index contributed by atoms with van der Waals surface area (Å²) in [5.41, 5.74) is 2.97. The number of nitrogens with one attached hydrogen (secondary N) is 2. The Labute approximate surface area is 227 Å². The van der Waals surface area contributed by atoms with Gasteiger partial charge >= 0.3 is 0 Å². The van der Waals surface area contributed by atoms with Gasteiger partial charge in [-0.15, -0.1) is 0 Å². The number of ether oxygens (including phenoxy) is 5. The average Bonchev–Trinajstić information content (AvgIpc) is 2.95. The molecule has 0 bridgehead atoms. The maximum absolute atomic E-state index is 11.9. The standard InChI is InChI=1S/C23H36N2O15/c1-36-21-12(14(30)16(21)32)25-24-11(28)5-3-2-4-6-37-22-19(35)17(33)20(10(8-27)39-22)40-23-18(34)15(31)13(29)9(7-26)38-23/h9-10,13,15,17-20,22-23,25-27,29,31,33-35H,2-8H2,1H3,(H,24,28)/t9-,10-,13+,15+,17-,18-,19-,20-,22-,23+/m1/s1. The van der Waals surface area contributed by atoms with Crippen LogP contribution in [0.25, 0.3) is 0 Å². The van der Waals surface area contributed by atoms with Crippen molar-refractivity contribution >= 4 is 11.6 Å². The minimum absolute atomic E-state index is 0.0609. The fourth-order valence-electron chi connectivity index (χ4n) is 4.33. The van der Waals surface area contributed by atoms with E-state index in [1.165, 1.54) is 7.11 Å². The number of amides is 1. The summed E-state index contributed by atoms with van der Waals surface area (Å²) >= 11 is 0. The van der Waals surface area contributed by atoms with Crippen molar-refractivity contribution in [2.75, 3.05) is 32.4 Å². The molecule has 2 aliphatic heterocycles. The first-order valence-corrected chi connectivity index (χ1v) is 12.7. The highest BCUT2D eigenvalue weighted by Crippen LogP contribution is 2.29. The molecule has 9 N–H and O–H groups in total. The van der Waals surface area contributed by atoms with Gasteiger partial charge in [-0.05, 0) is 12.8 Å². The Balaban J connectivity index is 1.39. The van der Waals surface area contributed by atoms with Crippen molar-refractivity contribution in [3.63, 3.8) is 0 Å². The first-order valence-electron chi connectivity index (χ1n) is 12.7. The smallest absolute Gasteiger partial charge is 0.272 e. The molecule has 0 spiro atoms. The molecule has 1 aromatic rings. The van der Waals surface area contributed by atoms with Gasteiger partial charge in [0.25, 0.3) is 10.9 Å². The van der Waals surface area contributed by atoms with Crippen molar-refractivity contribution < 1.29 is 64.2 Å². The summed E-state index contributed by atoms with van der Waals surface area (Å²) in [5.74, 6) is -0.587. The Morgan fingerprint density at radius 3 is 2.12 bits per heavy atom. The molecule has 2 heterocycles. The molecule has 2 fully saturated rings. The molecule has 1 aromatic carbocycles. The van der Waals surface area contributed by atoms with Crippen molar-refractivity contribution in [3.8, 4) is 5.75 Å². The highest BCUT2D eigenvalue weighted by molar-refractivity contribution is 5.78. The molecular weight excluding hydrogens is 544 g/mol. The molecule has 17 nitrogen and oxygen atoms in total. The second kappa shape index (κ2) is 14.6. The second-order valence-electron chi connectivity index (χ2n) is 9.43. The Kier molecular flexibility index (Phi) is 11.7. The molecule has 228 valence electrons. The number of unbranched alkanes of at least 4 members (excludes halogenated alkanes) is 2. The Bertz CT molecular complexity index is 1030. The lowest BCUT2D eigenvalue weighted by molar-refractivity contribution is -0.359. The van der Waals surface area contributed by atoms with Gasteiger partial charge in [0.15, 0.2) is 24.0 Å². The van der Waals surface area contributed by atoms with Crippen LogP contribution in [0.15, 0.2) is 9.59 Å². The second-order valence-corrected chi connectivity index (χ2v) is 9.43. The predicted molar refractivity (Wildman–Crippen MR) is 130 cm³/mol. The number of hydrogen-bond donors (Lipinski definition) is 9. The van der Waals surface area contributed by atoms with E-state index in [2.05, 4.69) is 10.9 Å². The predicted octanol–water partition coefficient (Wildman–Crippen LogP) is -5.06. The van der Waals surface area contributed by atoms with Crippen molar-refractivity contribution in [2.24, 2.45) is 0 Å². The number of rotatable bonds is 14. The first kappa shape index (κ1) is 32.2. The van der Waals surface area contributed by atoms with Crippen molar-refractivity contribution in [3.05, 3.63) is 20.4 Å². The van der Waals surface area contributed by atoms with Crippen LogP contribution in [-0.4, -0.2) is 130 Å². The molecule has 2 saturated heterocycles. The lowest BCUT2D eigenvalue weighted by atomic mass is 9.97. The average molecular weight is 581 g/mol. The molecule has 1 amide bonds. The number of hydrogen-bond acceptors (Lipinski definition) is 16. The number of aliphatic hydroxyl groups is 7. The summed E-state index contributed by atoms with van der Waals surface area (Å²) in [6, 6.07) is 0. The van der Waals surface area contributed by atoms with Gasteiger partial charge in [0.2, 0.25) is 5.91 Å². The van der Waals surface area contributed by atoms with Crippen LogP contribution in [0.4, 0.5) is 5.69 Å². The molecule has 0 unspecified atom stereocenters. The Morgan fingerprint density at radius 2 is 1.48 bits per heavy atom. The SMILES string of the molecule is COc1c(NNC(=O)CCCCCO[C@@H]2O[C@H](CO)[C@@H](O[C@@H]3O[C@H](CO)[C@H](O)[C@H](O)[C@H]3O)[C@H](O)[C@H]2O)c(=O)c1=O. The van der Waals surface area contributed by atoms with Crippen LogP contribution in [0.1, 0.15) is 25.7 Å². The van der Waals surface area contributed by atoms with E-state index in [1.807, 2.05) is 0 Å². The fraction of sp³-hybridized carbons (Fsp3) is 0.783. The van der Waals surface area contributed by atoms with E-state index >= 15 is 0 Å². The maximum Gasteiger partial charge on any atom is 0.272 e. The summed E-state index contributed by atoms with van der Waals surface area (Å²) in [6.07, 6.45) is -13.9. The van der Waals surface area contributed by atoms with E-state index in [0.29, 0.717) is 19.3 Å². The largest absolute Gasteiger partial charge is 0.490 e. The zero-order chi connectivity index (χ0) is 29.6. The minimum Gasteiger partial charge on any atom is -0.490 e. The van der Waals surface area contributed by atoms with Gasteiger partial charge in [-0.3, -0.25) is 25.2 Å². The molecule has 0 saturated carbocycles. The zero-order valence-corrected chi connectivity index (χ0v) is 21.6. The summed E-state index contributed by atoms with van der Waals surface area (Å²) in [6.45, 7) is -1.32. The van der Waals surface area contributed by atoms with Gasteiger partial charge in [0.05, 0.1) is 20.3 Å². The molecule has 17 heteroatoms. The van der Waals surface area contributed by atoms with Crippen LogP contribution in [0.2, 0.25) is 0 Å². The Morgan fingerprint density at radius 1 is 0.825 bits per heavy atom. The number of hydrazine groups is 1. The van der Waals surface area contributed by atoms with Crippen LogP contribution in [-0.2, 0) is 23.7 Å². The summed E-state index contributed by atoms with van der Waals surface area (Å²) in [4.78, 5) is 34.6. The molecule has 40 heavy (non-hydrogen) atoms. The van der Waals surface area contributed by atoms with Crippen molar-refractivity contribution in [1.82, 2.24) is 5.43 Å². The maximum atomic E-state index is 11.9. The lowest BCUT2D eigenvalue weighted by Gasteiger charge is -2.45. The number of anilines is 1. The molecule has 0 radical (unpaired) electrons. The third kappa shape index (κ3) is 7.12. The molecule has 2 aliphatic rings. The third-order valence-electron chi connectivity index (χ3n) is 6.69. The first-order chi connectivity index (χ1) is 19.0. The molecule has 0 aliphatic carbocycles. The van der Waals surface area contributed by atoms with E-state index in [9.17, 15) is 50.1 Å². The van der Waals surface area contributed by atoms with Crippen LogP contribution in [0, 0.1) is 0 Å². The fourth-order valence-corrected chi connectivity index (χ4v) is 4.33. The van der Waals surface area contributed by atoms with Gasteiger partial charge in [-0.2, -0.15) is 0 Å². The number of methoxy groups -OCH3 is 1. The topological polar surface area (TPSA) is 263 Å². The normalized spacial score (nSPS) is 34.5. The summed E-state index contributed by atoms with van der Waals surface area (Å²) < 4.78 is 26.5. The summed E-state index contributed by atoms with van der Waals surface area (Å²) in [5, 5.41) is 70.1. The van der Waals surface area contributed by atoms with E-state index in [0.717, 1.165) is 0 Å². The number of aliphatic hydroxyl groups excluding tert-OH is 7. The van der Waals surface area contributed by atoms with E-state index in [-0.39, 0.29) is 24.5 Å². The Hall–Kier alpha value is -2.29. The number of carbonyl (C=O) groups is 1. The van der Waals surface area contributed by atoms with Crippen LogP contribution < -0.4 is 26.4 Å². The quantitative estimate of drug-likeness (QED) is 0.0566. The molecule has 10 atom stereocenters. The van der Waals surface area contributed by atoms with Gasteiger partial charge in [0.1, 0.15) is 48.8 Å². The van der Waals surface area contributed by atoms with Gasteiger partial charge in [-0.1, -0.05) is 6.42 Å². The molecular formula is C23H36N2O15. The van der Waals surface area contributed by atoms with Crippen molar-refractivity contribution in [2.45, 2.75) is 87.1 Å². The zero-order valence-electron chi connectivity index (χ0n) is 21.6. The molecule has 3 rings (SSSR count). The molecule has 0 aromatic heterocycles. The van der Waals surface area contributed by atoms with E-state index < -0.39 is 91.4 Å². The lowest BCUT2D eigenvalue weighted by Crippen LogP contribution is -2.64. The van der Waals surface area contributed by atoms with Crippen LogP contribution >= 0.6 is 0 Å². The van der Waals surface area contributed by atoms with Gasteiger partial charge in [-0.25, -0.2) is 0 Å². The minimum atomic E-state index is -1.77. The van der Waals surface area contributed by atoms with Gasteiger partial charge in [0, 0.05) is 13.0 Å². The monoisotopic (exact) mass is 580 g/mol. The van der Waals surface area contributed by atoms with Crippen molar-refractivity contribution in [1.29, 1.82) is 0 Å². The van der Waals surface area contributed by atoms with Crippen LogP contribution in [0.5, 0.6) is 5.75 Å². The van der Waals surface area contributed by atoms with Crippen LogP contribution in [0.3, 0.4) is 0 Å². The number of carbonyl (C=O) groups excluding carboxylic acids is 1. The third-order valence-corrected chi connectivity index (χ3v) is 6.69.